The number of thiophene rings is 1. The molecular formula is C22H22ClNO4S. The zero-order chi connectivity index (χ0) is 20.6. The van der Waals surface area contributed by atoms with Crippen molar-refractivity contribution in [3.8, 4) is 17.2 Å². The van der Waals surface area contributed by atoms with E-state index in [1.807, 2.05) is 35.7 Å². The summed E-state index contributed by atoms with van der Waals surface area (Å²) in [5.41, 5.74) is 0.944. The second-order valence-electron chi connectivity index (χ2n) is 6.26. The first kappa shape index (κ1) is 21.0. The Morgan fingerprint density at radius 2 is 1.76 bits per heavy atom. The van der Waals surface area contributed by atoms with Gasteiger partial charge in [-0.25, -0.2) is 0 Å². The molecular weight excluding hydrogens is 410 g/mol. The number of methoxy groups -OCH3 is 2. The van der Waals surface area contributed by atoms with Crippen molar-refractivity contribution in [2.75, 3.05) is 20.8 Å². The average molecular weight is 432 g/mol. The SMILES string of the molecule is COc1ccc(CN(Cc2cccs2)C(=O)COc2ccc(Cl)cc2)cc1OC. The fraction of sp³-hybridized carbons (Fsp3) is 0.227. The summed E-state index contributed by atoms with van der Waals surface area (Å²) in [6, 6.07) is 16.6. The molecule has 0 bridgehead atoms. The lowest BCUT2D eigenvalue weighted by Crippen LogP contribution is -2.33. The lowest BCUT2D eigenvalue weighted by Gasteiger charge is -2.23. The second kappa shape index (κ2) is 10.2. The lowest BCUT2D eigenvalue weighted by molar-refractivity contribution is -0.134. The maximum Gasteiger partial charge on any atom is 0.261 e. The first-order valence-corrected chi connectivity index (χ1v) is 10.2. The molecule has 0 N–H and O–H groups in total. The number of amides is 1. The van der Waals surface area contributed by atoms with Gasteiger partial charge in [0.15, 0.2) is 18.1 Å². The van der Waals surface area contributed by atoms with Gasteiger partial charge in [0.1, 0.15) is 5.75 Å². The van der Waals surface area contributed by atoms with E-state index in [-0.39, 0.29) is 12.5 Å². The molecule has 0 aliphatic rings. The molecule has 1 heterocycles. The van der Waals surface area contributed by atoms with Crippen LogP contribution in [0.25, 0.3) is 0 Å². The summed E-state index contributed by atoms with van der Waals surface area (Å²) in [6.45, 7) is 0.885. The minimum Gasteiger partial charge on any atom is -0.493 e. The molecule has 0 radical (unpaired) electrons. The van der Waals surface area contributed by atoms with Gasteiger partial charge in [-0.1, -0.05) is 23.7 Å². The summed E-state index contributed by atoms with van der Waals surface area (Å²) in [6.07, 6.45) is 0. The van der Waals surface area contributed by atoms with E-state index in [1.165, 1.54) is 0 Å². The molecule has 152 valence electrons. The summed E-state index contributed by atoms with van der Waals surface area (Å²) in [5.74, 6) is 1.78. The fourth-order valence-corrected chi connectivity index (χ4v) is 3.63. The van der Waals surface area contributed by atoms with Crippen LogP contribution in [0.4, 0.5) is 0 Å². The Morgan fingerprint density at radius 1 is 1.00 bits per heavy atom. The summed E-state index contributed by atoms with van der Waals surface area (Å²) < 4.78 is 16.3. The van der Waals surface area contributed by atoms with Crippen LogP contribution in [0.2, 0.25) is 5.02 Å². The van der Waals surface area contributed by atoms with E-state index in [2.05, 4.69) is 0 Å². The molecule has 0 atom stereocenters. The van der Waals surface area contributed by atoms with Crippen LogP contribution in [0.1, 0.15) is 10.4 Å². The summed E-state index contributed by atoms with van der Waals surface area (Å²) in [5, 5.41) is 2.62. The number of hydrogen-bond acceptors (Lipinski definition) is 5. The normalized spacial score (nSPS) is 10.4. The smallest absolute Gasteiger partial charge is 0.261 e. The number of rotatable bonds is 9. The molecule has 0 unspecified atom stereocenters. The second-order valence-corrected chi connectivity index (χ2v) is 7.73. The van der Waals surface area contributed by atoms with Crippen LogP contribution in [0.15, 0.2) is 60.0 Å². The number of hydrogen-bond donors (Lipinski definition) is 0. The van der Waals surface area contributed by atoms with Gasteiger partial charge in [0, 0.05) is 16.4 Å². The van der Waals surface area contributed by atoms with Gasteiger partial charge in [-0.15, -0.1) is 11.3 Å². The van der Waals surface area contributed by atoms with Crippen LogP contribution in [-0.4, -0.2) is 31.6 Å². The number of carbonyl (C=O) groups excluding carboxylic acids is 1. The van der Waals surface area contributed by atoms with Gasteiger partial charge in [0.05, 0.1) is 20.8 Å². The van der Waals surface area contributed by atoms with Crippen LogP contribution in [0.5, 0.6) is 17.2 Å². The molecule has 2 aromatic carbocycles. The maximum absolute atomic E-state index is 12.9. The monoisotopic (exact) mass is 431 g/mol. The number of benzene rings is 2. The van der Waals surface area contributed by atoms with Crippen LogP contribution < -0.4 is 14.2 Å². The Hall–Kier alpha value is -2.70. The van der Waals surface area contributed by atoms with Crippen molar-refractivity contribution in [2.45, 2.75) is 13.1 Å². The Morgan fingerprint density at radius 3 is 2.41 bits per heavy atom. The van der Waals surface area contributed by atoms with Crippen molar-refractivity contribution < 1.29 is 19.0 Å². The van der Waals surface area contributed by atoms with E-state index in [9.17, 15) is 4.79 Å². The molecule has 0 fully saturated rings. The molecule has 0 aliphatic carbocycles. The lowest BCUT2D eigenvalue weighted by atomic mass is 10.2. The van der Waals surface area contributed by atoms with Gasteiger partial charge in [0.25, 0.3) is 5.91 Å². The Bertz CT molecular complexity index is 928. The Labute approximate surface area is 179 Å². The van der Waals surface area contributed by atoms with Crippen LogP contribution in [0, 0.1) is 0 Å². The predicted molar refractivity (Wildman–Crippen MR) is 115 cm³/mol. The van der Waals surface area contributed by atoms with E-state index in [0.717, 1.165) is 10.4 Å². The molecule has 0 saturated carbocycles. The number of nitrogens with zero attached hydrogens (tertiary/aromatic N) is 1. The van der Waals surface area contributed by atoms with Crippen molar-refractivity contribution in [3.05, 3.63) is 75.4 Å². The highest BCUT2D eigenvalue weighted by molar-refractivity contribution is 7.09. The first-order chi connectivity index (χ1) is 14.1. The third-order valence-corrected chi connectivity index (χ3v) is 5.39. The summed E-state index contributed by atoms with van der Waals surface area (Å²) in [4.78, 5) is 15.8. The zero-order valence-electron chi connectivity index (χ0n) is 16.3. The third kappa shape index (κ3) is 5.89. The van der Waals surface area contributed by atoms with Gasteiger partial charge < -0.3 is 19.1 Å². The van der Waals surface area contributed by atoms with E-state index in [1.54, 1.807) is 54.7 Å². The van der Waals surface area contributed by atoms with Crippen LogP contribution in [-0.2, 0) is 17.9 Å². The predicted octanol–water partition coefficient (Wildman–Crippen LogP) is 5.03. The zero-order valence-corrected chi connectivity index (χ0v) is 17.8. The Balaban J connectivity index is 1.73. The molecule has 29 heavy (non-hydrogen) atoms. The van der Waals surface area contributed by atoms with E-state index in [4.69, 9.17) is 25.8 Å². The minimum absolute atomic E-state index is 0.0553. The van der Waals surface area contributed by atoms with Gasteiger partial charge in [-0.05, 0) is 53.4 Å². The van der Waals surface area contributed by atoms with Crippen LogP contribution >= 0.6 is 22.9 Å². The molecule has 0 saturated heterocycles. The number of halogens is 1. The minimum atomic E-state index is -0.108. The number of carbonyl (C=O) groups is 1. The summed E-state index contributed by atoms with van der Waals surface area (Å²) in [7, 11) is 3.19. The van der Waals surface area contributed by atoms with Crippen molar-refractivity contribution in [1.29, 1.82) is 0 Å². The highest BCUT2D eigenvalue weighted by Crippen LogP contribution is 2.28. The molecule has 5 nitrogen and oxygen atoms in total. The average Bonchev–Trinajstić information content (AvgIpc) is 3.25. The first-order valence-electron chi connectivity index (χ1n) is 8.98. The van der Waals surface area contributed by atoms with Gasteiger partial charge in [-0.3, -0.25) is 4.79 Å². The third-order valence-electron chi connectivity index (χ3n) is 4.28. The van der Waals surface area contributed by atoms with Crippen molar-refractivity contribution >= 4 is 28.8 Å². The molecule has 0 spiro atoms. The standard InChI is InChI=1S/C22H22ClNO4S/c1-26-20-10-5-16(12-21(20)27-2)13-24(14-19-4-3-11-29-19)22(25)15-28-18-8-6-17(23)7-9-18/h3-12H,13-15H2,1-2H3. The van der Waals surface area contributed by atoms with Gasteiger partial charge >= 0.3 is 0 Å². The highest BCUT2D eigenvalue weighted by atomic mass is 35.5. The molecule has 1 aromatic heterocycles. The van der Waals surface area contributed by atoms with Crippen LogP contribution in [0.3, 0.4) is 0 Å². The molecule has 0 aliphatic heterocycles. The number of ether oxygens (including phenoxy) is 3. The van der Waals surface area contributed by atoms with Crippen molar-refractivity contribution in [2.24, 2.45) is 0 Å². The molecule has 3 aromatic rings. The quantitative estimate of drug-likeness (QED) is 0.477. The Kier molecular flexibility index (Phi) is 7.38. The largest absolute Gasteiger partial charge is 0.493 e. The van der Waals surface area contributed by atoms with Gasteiger partial charge in [-0.2, -0.15) is 0 Å². The van der Waals surface area contributed by atoms with Crippen molar-refractivity contribution in [3.63, 3.8) is 0 Å². The van der Waals surface area contributed by atoms with E-state index >= 15 is 0 Å². The van der Waals surface area contributed by atoms with E-state index < -0.39 is 0 Å². The van der Waals surface area contributed by atoms with Gasteiger partial charge in [0.2, 0.25) is 0 Å². The molecule has 1 amide bonds. The van der Waals surface area contributed by atoms with E-state index in [0.29, 0.717) is 35.4 Å². The topological polar surface area (TPSA) is 48.0 Å². The molecule has 3 rings (SSSR count). The van der Waals surface area contributed by atoms with Crippen molar-refractivity contribution in [1.82, 2.24) is 4.90 Å². The highest BCUT2D eigenvalue weighted by Gasteiger charge is 2.17. The maximum atomic E-state index is 12.9. The fourth-order valence-electron chi connectivity index (χ4n) is 2.79. The summed E-state index contributed by atoms with van der Waals surface area (Å²) >= 11 is 7.51. The molecule has 7 heteroatoms.